The lowest BCUT2D eigenvalue weighted by Crippen LogP contribution is -2.32. The lowest BCUT2D eigenvalue weighted by Gasteiger charge is -2.23. The molecule has 0 unspecified atom stereocenters. The first-order valence-corrected chi connectivity index (χ1v) is 11.0. The number of benzene rings is 3. The lowest BCUT2D eigenvalue weighted by atomic mass is 10.1. The Kier molecular flexibility index (Phi) is 8.58. The highest BCUT2D eigenvalue weighted by Crippen LogP contribution is 2.22. The third-order valence-corrected chi connectivity index (χ3v) is 5.31. The van der Waals surface area contributed by atoms with Crippen LogP contribution in [0.5, 0.6) is 0 Å². The van der Waals surface area contributed by atoms with Gasteiger partial charge < -0.3 is 15.1 Å². The Morgan fingerprint density at radius 1 is 0.939 bits per heavy atom. The molecule has 0 spiro atoms. The van der Waals surface area contributed by atoms with Crippen molar-refractivity contribution >= 4 is 29.1 Å². The topological polar surface area (TPSA) is 52.7 Å². The van der Waals surface area contributed by atoms with Crippen molar-refractivity contribution in [1.29, 1.82) is 0 Å². The van der Waals surface area contributed by atoms with E-state index in [1.807, 2.05) is 31.1 Å². The van der Waals surface area contributed by atoms with Gasteiger partial charge in [-0.15, -0.1) is 0 Å². The van der Waals surface area contributed by atoms with Crippen molar-refractivity contribution in [3.63, 3.8) is 0 Å². The standard InChI is InChI=1S/C26H27ClFN3O2/c1-30(2)15-14-29-25(32)17-19-6-12-24(13-7-19)31(18-20-4-3-5-23(28)16-20)26(33)21-8-10-22(27)11-9-21/h3-13,16H,14-15,17-18H2,1-2H3,(H,29,32). The summed E-state index contributed by atoms with van der Waals surface area (Å²) in [7, 11) is 3.90. The fourth-order valence-corrected chi connectivity index (χ4v) is 3.43. The van der Waals surface area contributed by atoms with Gasteiger partial charge in [0.2, 0.25) is 5.91 Å². The molecule has 0 saturated carbocycles. The quantitative estimate of drug-likeness (QED) is 0.502. The summed E-state index contributed by atoms with van der Waals surface area (Å²) in [5, 5.41) is 3.43. The summed E-state index contributed by atoms with van der Waals surface area (Å²) in [5.74, 6) is -0.648. The van der Waals surface area contributed by atoms with E-state index in [0.717, 1.165) is 12.1 Å². The molecule has 0 heterocycles. The molecule has 0 saturated heterocycles. The van der Waals surface area contributed by atoms with Gasteiger partial charge in [0.15, 0.2) is 0 Å². The van der Waals surface area contributed by atoms with Gasteiger partial charge in [0.25, 0.3) is 5.91 Å². The second-order valence-corrected chi connectivity index (χ2v) is 8.46. The molecule has 2 amide bonds. The summed E-state index contributed by atoms with van der Waals surface area (Å²) in [4.78, 5) is 29.1. The monoisotopic (exact) mass is 467 g/mol. The van der Waals surface area contributed by atoms with E-state index < -0.39 is 0 Å². The van der Waals surface area contributed by atoms with E-state index in [-0.39, 0.29) is 30.6 Å². The number of likely N-dealkylation sites (N-methyl/N-ethyl adjacent to an activating group) is 1. The van der Waals surface area contributed by atoms with Gasteiger partial charge in [0.1, 0.15) is 5.82 Å². The number of hydrogen-bond donors (Lipinski definition) is 1. The largest absolute Gasteiger partial charge is 0.355 e. The van der Waals surface area contributed by atoms with Crippen molar-refractivity contribution in [1.82, 2.24) is 10.2 Å². The summed E-state index contributed by atoms with van der Waals surface area (Å²) in [6.07, 6.45) is 0.253. The zero-order valence-corrected chi connectivity index (χ0v) is 19.5. The van der Waals surface area contributed by atoms with Crippen LogP contribution in [0.4, 0.5) is 10.1 Å². The first kappa shape index (κ1) is 24.4. The van der Waals surface area contributed by atoms with Crippen LogP contribution < -0.4 is 10.2 Å². The average molecular weight is 468 g/mol. The number of halogens is 2. The number of anilines is 1. The van der Waals surface area contributed by atoms with Gasteiger partial charge in [-0.3, -0.25) is 9.59 Å². The van der Waals surface area contributed by atoms with Crippen LogP contribution in [-0.2, 0) is 17.8 Å². The molecule has 0 aliphatic carbocycles. The maximum absolute atomic E-state index is 13.7. The minimum Gasteiger partial charge on any atom is -0.355 e. The van der Waals surface area contributed by atoms with Gasteiger partial charge in [-0.25, -0.2) is 4.39 Å². The number of nitrogens with zero attached hydrogens (tertiary/aromatic N) is 2. The zero-order valence-electron chi connectivity index (χ0n) is 18.7. The van der Waals surface area contributed by atoms with Crippen molar-refractivity contribution in [2.45, 2.75) is 13.0 Å². The Morgan fingerprint density at radius 3 is 2.27 bits per heavy atom. The molecular weight excluding hydrogens is 441 g/mol. The molecule has 0 radical (unpaired) electrons. The third-order valence-electron chi connectivity index (χ3n) is 5.06. The van der Waals surface area contributed by atoms with Crippen LogP contribution in [0.25, 0.3) is 0 Å². The van der Waals surface area contributed by atoms with Gasteiger partial charge in [0, 0.05) is 29.4 Å². The fourth-order valence-electron chi connectivity index (χ4n) is 3.31. The predicted octanol–water partition coefficient (Wildman–Crippen LogP) is 4.55. The van der Waals surface area contributed by atoms with Gasteiger partial charge in [-0.1, -0.05) is 35.9 Å². The summed E-state index contributed by atoms with van der Waals surface area (Å²) in [6.45, 7) is 1.55. The molecule has 1 N–H and O–H groups in total. The smallest absolute Gasteiger partial charge is 0.258 e. The van der Waals surface area contributed by atoms with E-state index in [0.29, 0.717) is 28.4 Å². The molecule has 0 aromatic heterocycles. The normalized spacial score (nSPS) is 10.8. The Labute approximate surface area is 198 Å². The van der Waals surface area contributed by atoms with E-state index >= 15 is 0 Å². The Bertz CT molecular complexity index is 1090. The average Bonchev–Trinajstić information content (AvgIpc) is 2.78. The molecule has 33 heavy (non-hydrogen) atoms. The van der Waals surface area contributed by atoms with Crippen LogP contribution in [0.1, 0.15) is 21.5 Å². The summed E-state index contributed by atoms with van der Waals surface area (Å²) in [5.41, 5.74) is 2.63. The van der Waals surface area contributed by atoms with E-state index in [2.05, 4.69) is 5.32 Å². The molecule has 3 aromatic carbocycles. The van der Waals surface area contributed by atoms with E-state index in [4.69, 9.17) is 11.6 Å². The molecule has 5 nitrogen and oxygen atoms in total. The number of nitrogens with one attached hydrogen (secondary N) is 1. The second-order valence-electron chi connectivity index (χ2n) is 8.02. The van der Waals surface area contributed by atoms with Gasteiger partial charge in [0.05, 0.1) is 13.0 Å². The van der Waals surface area contributed by atoms with Crippen molar-refractivity contribution in [3.8, 4) is 0 Å². The SMILES string of the molecule is CN(C)CCNC(=O)Cc1ccc(N(Cc2cccc(F)c2)C(=O)c2ccc(Cl)cc2)cc1. The first-order chi connectivity index (χ1) is 15.8. The van der Waals surface area contributed by atoms with Crippen LogP contribution in [0.15, 0.2) is 72.8 Å². The molecule has 0 atom stereocenters. The molecule has 3 aromatic rings. The van der Waals surface area contributed by atoms with Crippen LogP contribution in [0, 0.1) is 5.82 Å². The molecule has 3 rings (SSSR count). The highest BCUT2D eigenvalue weighted by molar-refractivity contribution is 6.30. The van der Waals surface area contributed by atoms with Crippen LogP contribution in [0.2, 0.25) is 5.02 Å². The van der Waals surface area contributed by atoms with Crippen molar-refractivity contribution in [2.24, 2.45) is 0 Å². The lowest BCUT2D eigenvalue weighted by molar-refractivity contribution is -0.120. The fraction of sp³-hybridized carbons (Fsp3) is 0.231. The molecule has 0 aliphatic rings. The van der Waals surface area contributed by atoms with Crippen molar-refractivity contribution < 1.29 is 14.0 Å². The maximum Gasteiger partial charge on any atom is 0.258 e. The molecule has 172 valence electrons. The third kappa shape index (κ3) is 7.41. The van der Waals surface area contributed by atoms with Crippen LogP contribution in [0.3, 0.4) is 0 Å². The molecule has 0 bridgehead atoms. The first-order valence-electron chi connectivity index (χ1n) is 10.6. The number of amides is 2. The number of carbonyl (C=O) groups is 2. The zero-order chi connectivity index (χ0) is 23.8. The Balaban J connectivity index is 1.78. The van der Waals surface area contributed by atoms with Crippen molar-refractivity contribution in [3.05, 3.63) is 100 Å². The highest BCUT2D eigenvalue weighted by atomic mass is 35.5. The molecule has 0 fully saturated rings. The van der Waals surface area contributed by atoms with E-state index in [1.54, 1.807) is 53.4 Å². The Morgan fingerprint density at radius 2 is 1.64 bits per heavy atom. The molecular formula is C26H27ClFN3O2. The summed E-state index contributed by atoms with van der Waals surface area (Å²) in [6, 6.07) is 20.1. The van der Waals surface area contributed by atoms with Gasteiger partial charge >= 0.3 is 0 Å². The molecule has 0 aliphatic heterocycles. The predicted molar refractivity (Wildman–Crippen MR) is 130 cm³/mol. The number of rotatable bonds is 9. The minimum absolute atomic E-state index is 0.0570. The van der Waals surface area contributed by atoms with Crippen LogP contribution >= 0.6 is 11.6 Å². The van der Waals surface area contributed by atoms with Gasteiger partial charge in [-0.05, 0) is 73.8 Å². The number of hydrogen-bond acceptors (Lipinski definition) is 3. The summed E-state index contributed by atoms with van der Waals surface area (Å²) >= 11 is 5.96. The minimum atomic E-state index is -0.359. The van der Waals surface area contributed by atoms with Gasteiger partial charge in [-0.2, -0.15) is 0 Å². The number of carbonyl (C=O) groups excluding carboxylic acids is 2. The van der Waals surface area contributed by atoms with Crippen LogP contribution in [-0.4, -0.2) is 43.9 Å². The maximum atomic E-state index is 13.7. The van der Waals surface area contributed by atoms with Crippen molar-refractivity contribution in [2.75, 3.05) is 32.1 Å². The highest BCUT2D eigenvalue weighted by Gasteiger charge is 2.19. The Hall–Kier alpha value is -3.22. The second kappa shape index (κ2) is 11.6. The van der Waals surface area contributed by atoms with E-state index in [9.17, 15) is 14.0 Å². The summed E-state index contributed by atoms with van der Waals surface area (Å²) < 4.78 is 13.7. The van der Waals surface area contributed by atoms with E-state index in [1.165, 1.54) is 12.1 Å². The molecule has 7 heteroatoms.